The molecule has 0 aliphatic heterocycles. The van der Waals surface area contributed by atoms with Gasteiger partial charge in [-0.3, -0.25) is 0 Å². The van der Waals surface area contributed by atoms with E-state index in [-0.39, 0.29) is 0 Å². The van der Waals surface area contributed by atoms with Gasteiger partial charge in [0.2, 0.25) is 0 Å². The van der Waals surface area contributed by atoms with E-state index in [2.05, 4.69) is 44.0 Å². The smallest absolute Gasteiger partial charge is 0.0752 e. The molecule has 0 aromatic rings. The Morgan fingerprint density at radius 1 is 1.27 bits per heavy atom. The summed E-state index contributed by atoms with van der Waals surface area (Å²) in [4.78, 5) is 0. The second kappa shape index (κ2) is 3.34. The zero-order valence-electron chi connectivity index (χ0n) is 6.13. The van der Waals surface area contributed by atoms with Gasteiger partial charge in [0.25, 0.3) is 0 Å². The molecule has 2 aliphatic carbocycles. The molecule has 0 aromatic heterocycles. The van der Waals surface area contributed by atoms with Crippen LogP contribution in [0.5, 0.6) is 0 Å². The minimum atomic E-state index is 0.549. The summed E-state index contributed by atoms with van der Waals surface area (Å²) < 4.78 is 0.549. The van der Waals surface area contributed by atoms with Crippen molar-refractivity contribution in [3.8, 4) is 0 Å². The van der Waals surface area contributed by atoms with Crippen LogP contribution in [0.15, 0.2) is 12.2 Å². The van der Waals surface area contributed by atoms with Crippen molar-refractivity contribution in [3.05, 3.63) is 12.2 Å². The highest BCUT2D eigenvalue weighted by molar-refractivity contribution is 9.25. The quantitative estimate of drug-likeness (QED) is 0.417. The fourth-order valence-electron chi connectivity index (χ4n) is 2.13. The van der Waals surface area contributed by atoms with Gasteiger partial charge < -0.3 is 0 Å². The Hall–Kier alpha value is 0.917. The fraction of sp³-hybridized carbons (Fsp3) is 0.750. The molecule has 3 heteroatoms. The topological polar surface area (TPSA) is 0 Å². The largest absolute Gasteiger partial charge is 0.0851 e. The number of allylic oxidation sites excluding steroid dienone is 2. The highest BCUT2D eigenvalue weighted by Crippen LogP contribution is 2.47. The van der Waals surface area contributed by atoms with Crippen LogP contribution in [0, 0.1) is 11.8 Å². The molecule has 60 valence electrons. The lowest BCUT2D eigenvalue weighted by Crippen LogP contribution is -2.14. The highest BCUT2D eigenvalue weighted by atomic mass is 79.9. The predicted molar refractivity (Wildman–Crippen MR) is 56.5 cm³/mol. The van der Waals surface area contributed by atoms with Crippen LogP contribution in [0.25, 0.3) is 0 Å². The lowest BCUT2D eigenvalue weighted by molar-refractivity contribution is 0.689. The van der Waals surface area contributed by atoms with E-state index in [1.807, 2.05) is 0 Å². The molecule has 2 rings (SSSR count). The van der Waals surface area contributed by atoms with Crippen LogP contribution in [0.2, 0.25) is 5.54 Å². The Labute approximate surface area is 86.9 Å². The first kappa shape index (κ1) is 8.51. The SMILES string of the molecule is BrC(Br)[Si]C1CC2C=CC1C2. The van der Waals surface area contributed by atoms with Crippen LogP contribution in [0.4, 0.5) is 0 Å². The molecule has 1 saturated carbocycles. The van der Waals surface area contributed by atoms with E-state index >= 15 is 0 Å². The molecule has 0 spiro atoms. The molecular weight excluding hydrogens is 284 g/mol. The van der Waals surface area contributed by atoms with Crippen molar-refractivity contribution in [2.24, 2.45) is 11.8 Å². The number of hydrogen-bond acceptors (Lipinski definition) is 0. The number of rotatable bonds is 2. The fourth-order valence-corrected chi connectivity index (χ4v) is 5.43. The second-order valence-corrected chi connectivity index (χ2v) is 9.76. The summed E-state index contributed by atoms with van der Waals surface area (Å²) in [5.41, 5.74) is 0.966. The van der Waals surface area contributed by atoms with Crippen LogP contribution < -0.4 is 0 Å². The molecule has 1 fully saturated rings. The zero-order chi connectivity index (χ0) is 7.84. The van der Waals surface area contributed by atoms with Crippen LogP contribution in [-0.4, -0.2) is 12.9 Å². The van der Waals surface area contributed by atoms with Gasteiger partial charge in [0.15, 0.2) is 0 Å². The molecule has 0 saturated heterocycles. The van der Waals surface area contributed by atoms with E-state index in [0.29, 0.717) is 3.36 Å². The minimum Gasteiger partial charge on any atom is -0.0851 e. The number of halogens is 2. The van der Waals surface area contributed by atoms with E-state index in [1.54, 1.807) is 0 Å². The predicted octanol–water partition coefficient (Wildman–Crippen LogP) is 3.15. The third-order valence-corrected chi connectivity index (χ3v) is 5.55. The van der Waals surface area contributed by atoms with Gasteiger partial charge >= 0.3 is 0 Å². The minimum absolute atomic E-state index is 0.549. The maximum atomic E-state index is 3.56. The summed E-state index contributed by atoms with van der Waals surface area (Å²) in [5, 5.41) is 0. The van der Waals surface area contributed by atoms with Crippen LogP contribution in [0.3, 0.4) is 0 Å². The molecule has 0 nitrogen and oxygen atoms in total. The van der Waals surface area contributed by atoms with Crippen molar-refractivity contribution in [1.82, 2.24) is 0 Å². The van der Waals surface area contributed by atoms with E-state index in [1.165, 1.54) is 12.8 Å². The lowest BCUT2D eigenvalue weighted by Gasteiger charge is -2.17. The van der Waals surface area contributed by atoms with Gasteiger partial charge in [-0.05, 0) is 30.2 Å². The van der Waals surface area contributed by atoms with Gasteiger partial charge in [-0.2, -0.15) is 0 Å². The normalized spacial score (nSPS) is 40.8. The van der Waals surface area contributed by atoms with Gasteiger partial charge in [0.05, 0.1) is 12.9 Å². The maximum absolute atomic E-state index is 3.56. The van der Waals surface area contributed by atoms with Gasteiger partial charge in [0.1, 0.15) is 0 Å². The summed E-state index contributed by atoms with van der Waals surface area (Å²) in [6.45, 7) is 0. The summed E-state index contributed by atoms with van der Waals surface area (Å²) in [5.74, 6) is 1.84. The first-order valence-electron chi connectivity index (χ1n) is 3.98. The van der Waals surface area contributed by atoms with Crippen molar-refractivity contribution in [2.45, 2.75) is 21.7 Å². The summed E-state index contributed by atoms with van der Waals surface area (Å²) >= 11 is 7.12. The van der Waals surface area contributed by atoms with Crippen LogP contribution >= 0.6 is 31.9 Å². The monoisotopic (exact) mass is 292 g/mol. The molecule has 3 unspecified atom stereocenters. The Kier molecular flexibility index (Phi) is 2.59. The lowest BCUT2D eigenvalue weighted by atomic mass is 10.1. The molecule has 0 amide bonds. The highest BCUT2D eigenvalue weighted by Gasteiger charge is 2.36. The van der Waals surface area contributed by atoms with E-state index in [0.717, 1.165) is 26.9 Å². The number of alkyl halides is 2. The van der Waals surface area contributed by atoms with E-state index < -0.39 is 0 Å². The van der Waals surface area contributed by atoms with Crippen molar-refractivity contribution in [3.63, 3.8) is 0 Å². The first-order valence-corrected chi connectivity index (χ1v) is 6.97. The summed E-state index contributed by atoms with van der Waals surface area (Å²) in [6, 6.07) is 0. The Morgan fingerprint density at radius 3 is 2.55 bits per heavy atom. The van der Waals surface area contributed by atoms with Gasteiger partial charge in [0, 0.05) is 0 Å². The molecule has 3 atom stereocenters. The average Bonchev–Trinajstić information content (AvgIpc) is 2.45. The molecule has 0 heterocycles. The molecule has 11 heavy (non-hydrogen) atoms. The van der Waals surface area contributed by atoms with Crippen LogP contribution in [0.1, 0.15) is 12.8 Å². The van der Waals surface area contributed by atoms with Crippen molar-refractivity contribution in [2.75, 3.05) is 0 Å². The van der Waals surface area contributed by atoms with Gasteiger partial charge in [-0.25, -0.2) is 0 Å². The third-order valence-electron chi connectivity index (χ3n) is 2.62. The Morgan fingerprint density at radius 2 is 2.09 bits per heavy atom. The van der Waals surface area contributed by atoms with Crippen molar-refractivity contribution in [1.29, 1.82) is 0 Å². The zero-order valence-corrected chi connectivity index (χ0v) is 10.3. The third kappa shape index (κ3) is 1.81. The molecule has 0 aromatic carbocycles. The molecule has 2 radical (unpaired) electrons. The van der Waals surface area contributed by atoms with Crippen molar-refractivity contribution >= 4 is 41.4 Å². The van der Waals surface area contributed by atoms with E-state index in [4.69, 9.17) is 0 Å². The Balaban J connectivity index is 1.93. The molecule has 2 bridgehead atoms. The maximum Gasteiger partial charge on any atom is 0.0752 e. The molecule has 2 aliphatic rings. The summed E-state index contributed by atoms with van der Waals surface area (Å²) in [6.07, 6.45) is 7.70. The van der Waals surface area contributed by atoms with E-state index in [9.17, 15) is 0 Å². The average molecular weight is 294 g/mol. The van der Waals surface area contributed by atoms with Crippen molar-refractivity contribution < 1.29 is 0 Å². The van der Waals surface area contributed by atoms with Gasteiger partial charge in [-0.15, -0.1) is 0 Å². The molecule has 0 N–H and O–H groups in total. The molecular formula is C8H10Br2Si. The summed E-state index contributed by atoms with van der Waals surface area (Å²) in [7, 11) is 1.04. The van der Waals surface area contributed by atoms with Gasteiger partial charge in [-0.1, -0.05) is 44.0 Å². The van der Waals surface area contributed by atoms with Crippen LogP contribution in [-0.2, 0) is 0 Å². The Bertz CT molecular complexity index is 179. The second-order valence-electron chi connectivity index (χ2n) is 3.35. The standard InChI is InChI=1S/C8H10Br2Si/c9-8(10)11-7-4-5-1-2-6(7)3-5/h1-2,5-8H,3-4H2. The number of fused-ring (bicyclic) bond motifs is 2. The first-order chi connectivity index (χ1) is 5.25. The number of hydrogen-bond donors (Lipinski definition) is 0.